The summed E-state index contributed by atoms with van der Waals surface area (Å²) in [5.74, 6) is -3.59. The standard InChI is InChI=1S/C16H13ClF2N2O3/c1-8-5-13(14(24-2)7-10(8)17)21-16(23)15(22)20-12-6-9(18)3-4-11(12)19/h3-7H,1-2H3,(H,20,22)(H,21,23). The number of hydrogen-bond acceptors (Lipinski definition) is 3. The molecule has 2 rings (SSSR count). The lowest BCUT2D eigenvalue weighted by atomic mass is 10.2. The van der Waals surface area contributed by atoms with E-state index >= 15 is 0 Å². The van der Waals surface area contributed by atoms with Crippen LogP contribution in [0.15, 0.2) is 30.3 Å². The third kappa shape index (κ3) is 3.99. The van der Waals surface area contributed by atoms with Crippen molar-refractivity contribution in [2.75, 3.05) is 17.7 Å². The summed E-state index contributed by atoms with van der Waals surface area (Å²) in [5, 5.41) is 4.76. The van der Waals surface area contributed by atoms with E-state index in [1.54, 1.807) is 6.92 Å². The van der Waals surface area contributed by atoms with Gasteiger partial charge in [-0.25, -0.2) is 8.78 Å². The highest BCUT2D eigenvalue weighted by atomic mass is 35.5. The zero-order chi connectivity index (χ0) is 17.9. The Balaban J connectivity index is 2.16. The van der Waals surface area contributed by atoms with Crippen LogP contribution in [0.2, 0.25) is 5.02 Å². The molecule has 0 aliphatic carbocycles. The number of hydrogen-bond donors (Lipinski definition) is 2. The van der Waals surface area contributed by atoms with E-state index in [1.165, 1.54) is 19.2 Å². The second-order valence-electron chi connectivity index (χ2n) is 4.83. The SMILES string of the molecule is COc1cc(Cl)c(C)cc1NC(=O)C(=O)Nc1cc(F)ccc1F. The molecule has 2 amide bonds. The van der Waals surface area contributed by atoms with Gasteiger partial charge < -0.3 is 15.4 Å². The predicted octanol–water partition coefficient (Wildman–Crippen LogP) is 3.51. The van der Waals surface area contributed by atoms with Gasteiger partial charge in [0.25, 0.3) is 0 Å². The van der Waals surface area contributed by atoms with Crippen LogP contribution in [0.3, 0.4) is 0 Å². The Hall–Kier alpha value is -2.67. The summed E-state index contributed by atoms with van der Waals surface area (Å²) in [4.78, 5) is 23.8. The summed E-state index contributed by atoms with van der Waals surface area (Å²) >= 11 is 5.95. The predicted molar refractivity (Wildman–Crippen MR) is 86.4 cm³/mol. The van der Waals surface area contributed by atoms with Gasteiger partial charge in [-0.05, 0) is 30.7 Å². The first kappa shape index (κ1) is 17.7. The molecular formula is C16H13ClF2N2O3. The van der Waals surface area contributed by atoms with Crippen molar-refractivity contribution in [1.29, 1.82) is 0 Å². The van der Waals surface area contributed by atoms with Crippen molar-refractivity contribution in [1.82, 2.24) is 0 Å². The van der Waals surface area contributed by atoms with Crippen LogP contribution in [-0.4, -0.2) is 18.9 Å². The lowest BCUT2D eigenvalue weighted by Gasteiger charge is -2.12. The fraction of sp³-hybridized carbons (Fsp3) is 0.125. The lowest BCUT2D eigenvalue weighted by molar-refractivity contribution is -0.133. The number of benzene rings is 2. The van der Waals surface area contributed by atoms with Gasteiger partial charge in [-0.3, -0.25) is 9.59 Å². The van der Waals surface area contributed by atoms with Gasteiger partial charge in [0.2, 0.25) is 0 Å². The fourth-order valence-electron chi connectivity index (χ4n) is 1.88. The van der Waals surface area contributed by atoms with Gasteiger partial charge in [0.1, 0.15) is 17.4 Å². The summed E-state index contributed by atoms with van der Waals surface area (Å²) < 4.78 is 31.6. The highest BCUT2D eigenvalue weighted by Crippen LogP contribution is 2.30. The molecule has 0 aromatic heterocycles. The Labute approximate surface area is 141 Å². The van der Waals surface area contributed by atoms with E-state index in [1.807, 2.05) is 5.32 Å². The van der Waals surface area contributed by atoms with Crippen molar-refractivity contribution in [2.24, 2.45) is 0 Å². The van der Waals surface area contributed by atoms with Gasteiger partial charge >= 0.3 is 11.8 Å². The van der Waals surface area contributed by atoms with Gasteiger partial charge in [0.05, 0.1) is 18.5 Å². The summed E-state index contributed by atoms with van der Waals surface area (Å²) in [6.45, 7) is 1.71. The maximum absolute atomic E-state index is 13.5. The Morgan fingerprint density at radius 2 is 1.67 bits per heavy atom. The van der Waals surface area contributed by atoms with Crippen LogP contribution in [0.1, 0.15) is 5.56 Å². The molecule has 0 saturated heterocycles. The second kappa shape index (κ2) is 7.27. The average Bonchev–Trinajstić information content (AvgIpc) is 2.54. The van der Waals surface area contributed by atoms with E-state index in [0.29, 0.717) is 10.6 Å². The van der Waals surface area contributed by atoms with E-state index in [2.05, 4.69) is 5.32 Å². The quantitative estimate of drug-likeness (QED) is 0.829. The second-order valence-corrected chi connectivity index (χ2v) is 5.24. The minimum atomic E-state index is -1.16. The maximum Gasteiger partial charge on any atom is 0.314 e. The molecule has 0 heterocycles. The Morgan fingerprint density at radius 1 is 1.04 bits per heavy atom. The largest absolute Gasteiger partial charge is 0.495 e. The Kier molecular flexibility index (Phi) is 5.35. The molecule has 0 atom stereocenters. The van der Waals surface area contributed by atoms with Crippen molar-refractivity contribution in [3.8, 4) is 5.75 Å². The van der Waals surface area contributed by atoms with Gasteiger partial charge in [-0.1, -0.05) is 11.6 Å². The molecule has 0 aliphatic rings. The molecule has 24 heavy (non-hydrogen) atoms. The highest BCUT2D eigenvalue weighted by molar-refractivity contribution is 6.43. The van der Waals surface area contributed by atoms with Crippen LogP contribution in [0.4, 0.5) is 20.2 Å². The molecule has 0 radical (unpaired) electrons. The van der Waals surface area contributed by atoms with Crippen molar-refractivity contribution < 1.29 is 23.1 Å². The number of anilines is 2. The molecule has 0 saturated carbocycles. The van der Waals surface area contributed by atoms with Crippen LogP contribution >= 0.6 is 11.6 Å². The molecule has 126 valence electrons. The van der Waals surface area contributed by atoms with Crippen LogP contribution < -0.4 is 15.4 Å². The third-order valence-corrected chi connectivity index (χ3v) is 3.52. The van der Waals surface area contributed by atoms with Gasteiger partial charge in [0.15, 0.2) is 0 Å². The van der Waals surface area contributed by atoms with Crippen LogP contribution in [0.25, 0.3) is 0 Å². The molecule has 0 bridgehead atoms. The summed E-state index contributed by atoms with van der Waals surface area (Å²) in [7, 11) is 1.37. The van der Waals surface area contributed by atoms with Gasteiger partial charge in [0, 0.05) is 17.2 Å². The van der Waals surface area contributed by atoms with Crippen LogP contribution in [0.5, 0.6) is 5.75 Å². The molecule has 0 unspecified atom stereocenters. The zero-order valence-electron chi connectivity index (χ0n) is 12.7. The number of halogens is 3. The molecular weight excluding hydrogens is 342 g/mol. The van der Waals surface area contributed by atoms with E-state index in [0.717, 1.165) is 18.2 Å². The first-order valence-electron chi connectivity index (χ1n) is 6.73. The topological polar surface area (TPSA) is 67.4 Å². The summed E-state index contributed by atoms with van der Waals surface area (Å²) in [5.41, 5.74) is 0.443. The normalized spacial score (nSPS) is 10.2. The van der Waals surface area contributed by atoms with Crippen molar-refractivity contribution in [2.45, 2.75) is 6.92 Å². The smallest absolute Gasteiger partial charge is 0.314 e. The molecule has 2 N–H and O–H groups in total. The molecule has 8 heteroatoms. The number of methoxy groups -OCH3 is 1. The van der Waals surface area contributed by atoms with Crippen molar-refractivity contribution in [3.05, 3.63) is 52.6 Å². The highest BCUT2D eigenvalue weighted by Gasteiger charge is 2.18. The summed E-state index contributed by atoms with van der Waals surface area (Å²) in [6, 6.07) is 5.51. The minimum Gasteiger partial charge on any atom is -0.495 e. The monoisotopic (exact) mass is 354 g/mol. The average molecular weight is 355 g/mol. The summed E-state index contributed by atoms with van der Waals surface area (Å²) in [6.07, 6.45) is 0. The van der Waals surface area contributed by atoms with E-state index in [4.69, 9.17) is 16.3 Å². The van der Waals surface area contributed by atoms with Crippen molar-refractivity contribution in [3.63, 3.8) is 0 Å². The first-order chi connectivity index (χ1) is 11.3. The molecule has 5 nitrogen and oxygen atoms in total. The zero-order valence-corrected chi connectivity index (χ0v) is 13.5. The lowest BCUT2D eigenvalue weighted by Crippen LogP contribution is -2.29. The number of carbonyl (C=O) groups excluding carboxylic acids is 2. The minimum absolute atomic E-state index is 0.222. The number of nitrogens with one attached hydrogen (secondary N) is 2. The number of aryl methyl sites for hydroxylation is 1. The molecule has 0 fully saturated rings. The third-order valence-electron chi connectivity index (χ3n) is 3.11. The maximum atomic E-state index is 13.5. The number of amides is 2. The Morgan fingerprint density at radius 3 is 2.29 bits per heavy atom. The van der Waals surface area contributed by atoms with Gasteiger partial charge in [-0.2, -0.15) is 0 Å². The molecule has 2 aromatic rings. The van der Waals surface area contributed by atoms with Crippen molar-refractivity contribution >= 4 is 34.8 Å². The molecule has 0 aliphatic heterocycles. The van der Waals surface area contributed by atoms with Crippen LogP contribution in [0, 0.1) is 18.6 Å². The fourth-order valence-corrected chi connectivity index (χ4v) is 2.03. The molecule has 2 aromatic carbocycles. The number of ether oxygens (including phenoxy) is 1. The number of rotatable bonds is 3. The van der Waals surface area contributed by atoms with E-state index < -0.39 is 29.1 Å². The van der Waals surface area contributed by atoms with Crippen LogP contribution in [-0.2, 0) is 9.59 Å². The molecule has 0 spiro atoms. The van der Waals surface area contributed by atoms with Gasteiger partial charge in [-0.15, -0.1) is 0 Å². The first-order valence-corrected chi connectivity index (χ1v) is 7.11. The van der Waals surface area contributed by atoms with E-state index in [9.17, 15) is 18.4 Å². The van der Waals surface area contributed by atoms with E-state index in [-0.39, 0.29) is 11.4 Å². The number of carbonyl (C=O) groups is 2. The Bertz CT molecular complexity index is 812.